The van der Waals surface area contributed by atoms with Crippen molar-refractivity contribution in [3.8, 4) is 0 Å². The van der Waals surface area contributed by atoms with Crippen molar-refractivity contribution in [2.45, 2.75) is 6.17 Å². The van der Waals surface area contributed by atoms with Gasteiger partial charge in [-0.25, -0.2) is 4.99 Å². The average molecular weight is 279 g/mol. The van der Waals surface area contributed by atoms with Crippen LogP contribution in [0.4, 0.5) is 5.69 Å². The molecule has 21 heavy (non-hydrogen) atoms. The third-order valence-electron chi connectivity index (χ3n) is 3.22. The van der Waals surface area contributed by atoms with Gasteiger partial charge in [-0.3, -0.25) is 9.59 Å². The van der Waals surface area contributed by atoms with Gasteiger partial charge in [-0.2, -0.15) is 0 Å². The molecule has 0 unspecified atom stereocenters. The Morgan fingerprint density at radius 1 is 1.05 bits per heavy atom. The van der Waals surface area contributed by atoms with Crippen molar-refractivity contribution in [2.75, 3.05) is 5.32 Å². The summed E-state index contributed by atoms with van der Waals surface area (Å²) < 4.78 is 0. The van der Waals surface area contributed by atoms with E-state index in [0.29, 0.717) is 17.8 Å². The van der Waals surface area contributed by atoms with Gasteiger partial charge >= 0.3 is 0 Å². The normalized spacial score (nSPS) is 17.0. The van der Waals surface area contributed by atoms with Crippen molar-refractivity contribution in [2.24, 2.45) is 4.99 Å². The van der Waals surface area contributed by atoms with Crippen LogP contribution in [0.1, 0.15) is 11.1 Å². The second kappa shape index (κ2) is 5.58. The molecule has 2 aromatic carbocycles. The molecule has 0 aliphatic carbocycles. The Morgan fingerprint density at radius 3 is 2.52 bits per heavy atom. The van der Waals surface area contributed by atoms with E-state index in [2.05, 4.69) is 15.6 Å². The number of aliphatic imine (C=N–C) groups is 1. The van der Waals surface area contributed by atoms with E-state index >= 15 is 0 Å². The Morgan fingerprint density at radius 2 is 1.76 bits per heavy atom. The molecule has 1 atom stereocenters. The molecule has 0 aromatic heterocycles. The second-order valence-corrected chi connectivity index (χ2v) is 4.57. The monoisotopic (exact) mass is 279 g/mol. The lowest BCUT2D eigenvalue weighted by molar-refractivity contribution is -0.120. The maximum atomic E-state index is 12.1. The van der Waals surface area contributed by atoms with E-state index in [1.807, 2.05) is 54.6 Å². The number of benzene rings is 2. The minimum Gasteiger partial charge on any atom is -0.329 e. The van der Waals surface area contributed by atoms with Crippen molar-refractivity contribution >= 4 is 23.7 Å². The summed E-state index contributed by atoms with van der Waals surface area (Å²) in [6.07, 6.45) is -0.461. The van der Waals surface area contributed by atoms with Gasteiger partial charge in [0.2, 0.25) is 12.6 Å². The number of para-hydroxylation sites is 1. The van der Waals surface area contributed by atoms with Gasteiger partial charge in [-0.15, -0.1) is 0 Å². The zero-order valence-corrected chi connectivity index (χ0v) is 11.1. The number of hydrogen-bond donors (Lipinski definition) is 2. The molecule has 0 radical (unpaired) electrons. The summed E-state index contributed by atoms with van der Waals surface area (Å²) in [5, 5.41) is 5.21. The first-order chi connectivity index (χ1) is 10.3. The van der Waals surface area contributed by atoms with Crippen molar-refractivity contribution in [1.29, 1.82) is 0 Å². The van der Waals surface area contributed by atoms with Crippen LogP contribution in [0.3, 0.4) is 0 Å². The molecule has 0 saturated heterocycles. The molecule has 2 amide bonds. The van der Waals surface area contributed by atoms with E-state index in [4.69, 9.17) is 0 Å². The quantitative estimate of drug-likeness (QED) is 0.837. The lowest BCUT2D eigenvalue weighted by Crippen LogP contribution is -2.37. The maximum absolute atomic E-state index is 12.1. The summed E-state index contributed by atoms with van der Waals surface area (Å²) in [5.74, 6) is -0.361. The predicted octanol–water partition coefficient (Wildman–Crippen LogP) is 1.55. The first-order valence-electron chi connectivity index (χ1n) is 6.53. The van der Waals surface area contributed by atoms with Gasteiger partial charge in [0, 0.05) is 11.1 Å². The summed E-state index contributed by atoms with van der Waals surface area (Å²) in [7, 11) is 0. The number of fused-ring (bicyclic) bond motifs is 1. The number of anilines is 1. The highest BCUT2D eigenvalue weighted by molar-refractivity contribution is 6.19. The largest absolute Gasteiger partial charge is 0.329 e. The number of carbonyl (C=O) groups excluding carboxylic acids is 2. The molecule has 1 aliphatic rings. The number of hydrogen-bond acceptors (Lipinski definition) is 3. The molecule has 0 bridgehead atoms. The number of nitrogens with zero attached hydrogens (tertiary/aromatic N) is 1. The highest BCUT2D eigenvalue weighted by atomic mass is 16.2. The van der Waals surface area contributed by atoms with Crippen LogP contribution in [0.2, 0.25) is 0 Å². The van der Waals surface area contributed by atoms with E-state index in [1.165, 1.54) is 0 Å². The molecule has 0 saturated carbocycles. The van der Waals surface area contributed by atoms with Crippen molar-refractivity contribution in [1.82, 2.24) is 5.32 Å². The van der Waals surface area contributed by atoms with Gasteiger partial charge in [0.1, 0.15) is 0 Å². The smallest absolute Gasteiger partial charge is 0.269 e. The fourth-order valence-corrected chi connectivity index (χ4v) is 2.26. The lowest BCUT2D eigenvalue weighted by atomic mass is 10.0. The molecule has 104 valence electrons. The number of nitrogens with one attached hydrogen (secondary N) is 2. The predicted molar refractivity (Wildman–Crippen MR) is 80.1 cm³/mol. The maximum Gasteiger partial charge on any atom is 0.269 e. The summed E-state index contributed by atoms with van der Waals surface area (Å²) >= 11 is 0. The topological polar surface area (TPSA) is 70.6 Å². The summed E-state index contributed by atoms with van der Waals surface area (Å²) in [6, 6.07) is 17.0. The molecule has 1 heterocycles. The zero-order chi connectivity index (χ0) is 14.7. The Bertz CT molecular complexity index is 710. The van der Waals surface area contributed by atoms with Crippen molar-refractivity contribution in [3.63, 3.8) is 0 Å². The van der Waals surface area contributed by atoms with Crippen LogP contribution in [0.5, 0.6) is 0 Å². The number of carbonyl (C=O) groups is 2. The van der Waals surface area contributed by atoms with Gasteiger partial charge in [-0.05, 0) is 6.07 Å². The average Bonchev–Trinajstić information content (AvgIpc) is 2.66. The zero-order valence-electron chi connectivity index (χ0n) is 11.1. The Kier molecular flexibility index (Phi) is 3.47. The van der Waals surface area contributed by atoms with Gasteiger partial charge in [-0.1, -0.05) is 48.5 Å². The molecular formula is C16H13N3O2. The fourth-order valence-electron chi connectivity index (χ4n) is 2.26. The Labute approximate surface area is 121 Å². The highest BCUT2D eigenvalue weighted by Crippen LogP contribution is 2.23. The van der Waals surface area contributed by atoms with E-state index in [1.54, 1.807) is 0 Å². The van der Waals surface area contributed by atoms with Crippen LogP contribution in [-0.2, 0) is 9.59 Å². The third-order valence-corrected chi connectivity index (χ3v) is 3.22. The molecule has 5 nitrogen and oxygen atoms in total. The minimum atomic E-state index is -0.940. The first kappa shape index (κ1) is 13.1. The molecule has 3 rings (SSSR count). The second-order valence-electron chi connectivity index (χ2n) is 4.57. The summed E-state index contributed by atoms with van der Waals surface area (Å²) in [5.41, 5.74) is 3.07. The van der Waals surface area contributed by atoms with E-state index in [0.717, 1.165) is 11.1 Å². The Hall–Kier alpha value is -2.95. The molecule has 2 aromatic rings. The summed E-state index contributed by atoms with van der Waals surface area (Å²) in [4.78, 5) is 27.2. The van der Waals surface area contributed by atoms with Gasteiger partial charge in [0.25, 0.3) is 5.91 Å². The minimum absolute atomic E-state index is 0.361. The first-order valence-corrected chi connectivity index (χ1v) is 6.53. The molecule has 0 fully saturated rings. The summed E-state index contributed by atoms with van der Waals surface area (Å²) in [6.45, 7) is 0. The van der Waals surface area contributed by atoms with Crippen LogP contribution < -0.4 is 10.6 Å². The van der Waals surface area contributed by atoms with Crippen LogP contribution >= 0.6 is 0 Å². The van der Waals surface area contributed by atoms with Gasteiger partial charge < -0.3 is 10.6 Å². The standard InChI is InChI=1S/C16H13N3O2/c20-10-17-15-16(21)18-13-9-5-4-8-12(13)14(19-15)11-6-2-1-3-7-11/h1-10,15H,(H,17,20)(H,18,21)/t15-/m1/s1. The molecule has 5 heteroatoms. The van der Waals surface area contributed by atoms with Crippen molar-refractivity contribution in [3.05, 3.63) is 65.7 Å². The van der Waals surface area contributed by atoms with Crippen molar-refractivity contribution < 1.29 is 9.59 Å². The number of benzodiazepines with no additional fused rings is 1. The lowest BCUT2D eigenvalue weighted by Gasteiger charge is -2.09. The van der Waals surface area contributed by atoms with E-state index in [-0.39, 0.29) is 5.91 Å². The van der Waals surface area contributed by atoms with Crippen LogP contribution in [-0.4, -0.2) is 24.2 Å². The number of rotatable bonds is 3. The molecular weight excluding hydrogens is 266 g/mol. The molecule has 1 aliphatic heterocycles. The van der Waals surface area contributed by atoms with Crippen LogP contribution in [0.15, 0.2) is 59.6 Å². The fraction of sp³-hybridized carbons (Fsp3) is 0.0625. The van der Waals surface area contributed by atoms with Crippen LogP contribution in [0.25, 0.3) is 0 Å². The van der Waals surface area contributed by atoms with Gasteiger partial charge in [0.05, 0.1) is 11.4 Å². The Balaban J connectivity index is 2.17. The van der Waals surface area contributed by atoms with E-state index < -0.39 is 6.17 Å². The third kappa shape index (κ3) is 2.53. The molecule has 2 N–H and O–H groups in total. The number of amides is 2. The van der Waals surface area contributed by atoms with E-state index in [9.17, 15) is 9.59 Å². The van der Waals surface area contributed by atoms with Crippen LogP contribution in [0, 0.1) is 0 Å². The van der Waals surface area contributed by atoms with Gasteiger partial charge in [0.15, 0.2) is 0 Å². The molecule has 0 spiro atoms. The SMILES string of the molecule is O=CN[C@@H]1N=C(c2ccccc2)c2ccccc2NC1=O. The highest BCUT2D eigenvalue weighted by Gasteiger charge is 2.24.